The summed E-state index contributed by atoms with van der Waals surface area (Å²) in [6, 6.07) is 7.29. The maximum atomic E-state index is 12.2. The van der Waals surface area contributed by atoms with E-state index >= 15 is 0 Å². The predicted molar refractivity (Wildman–Crippen MR) is 99.7 cm³/mol. The molecule has 0 saturated heterocycles. The standard InChI is InChI=1S/C19H18N2O4S/c1-12-3-4-13(2)15(9-12)16(22)10-25-17(23)5-7-21-11-20-18-14(19(21)24)6-8-26-18/h3-4,6,8-9,11H,5,7,10H2,1-2H3. The van der Waals surface area contributed by atoms with Gasteiger partial charge in [-0.1, -0.05) is 17.7 Å². The number of thiophene rings is 1. The zero-order valence-electron chi connectivity index (χ0n) is 14.5. The van der Waals surface area contributed by atoms with E-state index in [-0.39, 0.29) is 30.9 Å². The number of ether oxygens (including phenoxy) is 1. The minimum Gasteiger partial charge on any atom is -0.457 e. The Balaban J connectivity index is 1.57. The molecule has 0 bridgehead atoms. The van der Waals surface area contributed by atoms with Gasteiger partial charge in [0.25, 0.3) is 5.56 Å². The van der Waals surface area contributed by atoms with Crippen LogP contribution in [-0.4, -0.2) is 27.9 Å². The van der Waals surface area contributed by atoms with Gasteiger partial charge in [-0.2, -0.15) is 0 Å². The minimum atomic E-state index is -0.527. The lowest BCUT2D eigenvalue weighted by molar-refractivity contribution is -0.142. The number of carbonyl (C=O) groups excluding carboxylic acids is 2. The van der Waals surface area contributed by atoms with Crippen molar-refractivity contribution in [2.75, 3.05) is 6.61 Å². The molecule has 0 saturated carbocycles. The Kier molecular flexibility index (Phi) is 5.27. The first-order valence-corrected chi connectivity index (χ1v) is 9.02. The Morgan fingerprint density at radius 2 is 2.04 bits per heavy atom. The average molecular weight is 370 g/mol. The van der Waals surface area contributed by atoms with Crippen molar-refractivity contribution in [3.8, 4) is 0 Å². The highest BCUT2D eigenvalue weighted by Gasteiger charge is 2.13. The van der Waals surface area contributed by atoms with Crippen molar-refractivity contribution in [3.63, 3.8) is 0 Å². The Labute approximate surface area is 154 Å². The molecule has 0 amide bonds. The summed E-state index contributed by atoms with van der Waals surface area (Å²) in [6.07, 6.45) is 1.42. The first-order valence-electron chi connectivity index (χ1n) is 8.14. The molecule has 2 heterocycles. The molecule has 0 aliphatic rings. The Morgan fingerprint density at radius 3 is 2.85 bits per heavy atom. The topological polar surface area (TPSA) is 78.3 Å². The highest BCUT2D eigenvalue weighted by molar-refractivity contribution is 7.16. The van der Waals surface area contributed by atoms with E-state index in [0.29, 0.717) is 15.8 Å². The van der Waals surface area contributed by atoms with Crippen LogP contribution in [0.1, 0.15) is 27.9 Å². The second kappa shape index (κ2) is 7.61. The van der Waals surface area contributed by atoms with Gasteiger partial charge in [-0.05, 0) is 36.9 Å². The molecule has 6 nitrogen and oxygen atoms in total. The van der Waals surface area contributed by atoms with Gasteiger partial charge in [0.05, 0.1) is 18.1 Å². The number of rotatable bonds is 6. The SMILES string of the molecule is Cc1ccc(C)c(C(=O)COC(=O)CCn2cnc3sccc3c2=O)c1. The number of hydrogen-bond acceptors (Lipinski definition) is 6. The number of benzene rings is 1. The fraction of sp³-hybridized carbons (Fsp3) is 0.263. The largest absolute Gasteiger partial charge is 0.457 e. The number of carbonyl (C=O) groups is 2. The molecule has 134 valence electrons. The van der Waals surface area contributed by atoms with Crippen LogP contribution in [0.3, 0.4) is 0 Å². The average Bonchev–Trinajstić information content (AvgIpc) is 3.10. The van der Waals surface area contributed by atoms with Crippen LogP contribution in [0.2, 0.25) is 0 Å². The van der Waals surface area contributed by atoms with Crippen LogP contribution in [-0.2, 0) is 16.1 Å². The van der Waals surface area contributed by atoms with Crippen LogP contribution in [0.15, 0.2) is 40.8 Å². The summed E-state index contributed by atoms with van der Waals surface area (Å²) < 4.78 is 6.44. The smallest absolute Gasteiger partial charge is 0.308 e. The number of esters is 1. The van der Waals surface area contributed by atoms with Gasteiger partial charge in [-0.15, -0.1) is 11.3 Å². The van der Waals surface area contributed by atoms with Crippen LogP contribution >= 0.6 is 11.3 Å². The van der Waals surface area contributed by atoms with Crippen LogP contribution in [0.5, 0.6) is 0 Å². The summed E-state index contributed by atoms with van der Waals surface area (Å²) in [4.78, 5) is 41.3. The lowest BCUT2D eigenvalue weighted by Crippen LogP contribution is -2.22. The third-order valence-corrected chi connectivity index (χ3v) is 4.89. The van der Waals surface area contributed by atoms with Gasteiger partial charge in [-0.3, -0.25) is 19.0 Å². The fourth-order valence-corrected chi connectivity index (χ4v) is 3.32. The van der Waals surface area contributed by atoms with E-state index in [4.69, 9.17) is 4.74 Å². The van der Waals surface area contributed by atoms with E-state index in [0.717, 1.165) is 11.1 Å². The highest BCUT2D eigenvalue weighted by atomic mass is 32.1. The third kappa shape index (κ3) is 3.88. The van der Waals surface area contributed by atoms with Gasteiger partial charge in [0.1, 0.15) is 4.83 Å². The van der Waals surface area contributed by atoms with Crippen LogP contribution < -0.4 is 5.56 Å². The van der Waals surface area contributed by atoms with Crippen LogP contribution in [0, 0.1) is 13.8 Å². The molecule has 7 heteroatoms. The van der Waals surface area contributed by atoms with E-state index in [1.165, 1.54) is 22.2 Å². The molecular weight excluding hydrogens is 352 g/mol. The molecule has 0 radical (unpaired) electrons. The summed E-state index contributed by atoms with van der Waals surface area (Å²) in [5.41, 5.74) is 2.19. The maximum Gasteiger partial charge on any atom is 0.308 e. The Bertz CT molecular complexity index is 1040. The monoisotopic (exact) mass is 370 g/mol. The van der Waals surface area contributed by atoms with Crippen molar-refractivity contribution < 1.29 is 14.3 Å². The quantitative estimate of drug-likeness (QED) is 0.492. The normalized spacial score (nSPS) is 10.8. The fourth-order valence-electron chi connectivity index (χ4n) is 2.60. The lowest BCUT2D eigenvalue weighted by atomic mass is 10.0. The zero-order valence-corrected chi connectivity index (χ0v) is 15.3. The van der Waals surface area contributed by atoms with Crippen molar-refractivity contribution in [3.05, 3.63) is 63.0 Å². The molecule has 0 atom stereocenters. The number of Topliss-reactive ketones (excluding diaryl/α,β-unsaturated/α-hetero) is 1. The third-order valence-electron chi connectivity index (χ3n) is 4.06. The van der Waals surface area contributed by atoms with E-state index in [2.05, 4.69) is 4.98 Å². The van der Waals surface area contributed by atoms with Crippen molar-refractivity contribution in [1.29, 1.82) is 0 Å². The molecule has 0 N–H and O–H groups in total. The molecule has 0 aliphatic heterocycles. The van der Waals surface area contributed by atoms with Crippen LogP contribution in [0.4, 0.5) is 0 Å². The number of fused-ring (bicyclic) bond motifs is 1. The molecule has 26 heavy (non-hydrogen) atoms. The lowest BCUT2D eigenvalue weighted by Gasteiger charge is -2.08. The van der Waals surface area contributed by atoms with Gasteiger partial charge in [-0.25, -0.2) is 4.98 Å². The van der Waals surface area contributed by atoms with E-state index < -0.39 is 5.97 Å². The Morgan fingerprint density at radius 1 is 1.23 bits per heavy atom. The molecule has 3 aromatic rings. The molecule has 0 unspecified atom stereocenters. The zero-order chi connectivity index (χ0) is 18.7. The van der Waals surface area contributed by atoms with Crippen molar-refractivity contribution in [2.45, 2.75) is 26.8 Å². The first kappa shape index (κ1) is 18.0. The summed E-state index contributed by atoms with van der Waals surface area (Å²) in [6.45, 7) is 3.60. The van der Waals surface area contributed by atoms with Gasteiger partial charge in [0.15, 0.2) is 6.61 Å². The number of ketones is 1. The van der Waals surface area contributed by atoms with Gasteiger partial charge < -0.3 is 4.74 Å². The molecule has 3 rings (SSSR count). The van der Waals surface area contributed by atoms with Gasteiger partial charge in [0, 0.05) is 12.1 Å². The summed E-state index contributed by atoms with van der Waals surface area (Å²) in [5, 5.41) is 2.34. The van der Waals surface area contributed by atoms with Crippen molar-refractivity contribution in [1.82, 2.24) is 9.55 Å². The first-order chi connectivity index (χ1) is 12.5. The maximum absolute atomic E-state index is 12.2. The molecule has 2 aromatic heterocycles. The second-order valence-corrected chi connectivity index (χ2v) is 6.93. The van der Waals surface area contributed by atoms with E-state index in [9.17, 15) is 14.4 Å². The van der Waals surface area contributed by atoms with Crippen LogP contribution in [0.25, 0.3) is 10.2 Å². The number of nitrogens with zero attached hydrogens (tertiary/aromatic N) is 2. The summed E-state index contributed by atoms with van der Waals surface area (Å²) in [5.74, 6) is -0.765. The molecule has 1 aromatic carbocycles. The molecule has 0 spiro atoms. The number of hydrogen-bond donors (Lipinski definition) is 0. The van der Waals surface area contributed by atoms with E-state index in [1.54, 1.807) is 17.5 Å². The van der Waals surface area contributed by atoms with Crippen molar-refractivity contribution >= 4 is 33.3 Å². The minimum absolute atomic E-state index is 0.00267. The second-order valence-electron chi connectivity index (χ2n) is 6.03. The predicted octanol–water partition coefficient (Wildman–Crippen LogP) is 2.89. The summed E-state index contributed by atoms with van der Waals surface area (Å²) >= 11 is 1.39. The van der Waals surface area contributed by atoms with Crippen molar-refractivity contribution in [2.24, 2.45) is 0 Å². The Hall–Kier alpha value is -2.80. The van der Waals surface area contributed by atoms with E-state index in [1.807, 2.05) is 26.0 Å². The molecule has 0 aliphatic carbocycles. The summed E-state index contributed by atoms with van der Waals surface area (Å²) in [7, 11) is 0. The van der Waals surface area contributed by atoms with Gasteiger partial charge >= 0.3 is 5.97 Å². The molecule has 0 fully saturated rings. The highest BCUT2D eigenvalue weighted by Crippen LogP contribution is 2.14. The number of aromatic nitrogens is 2. The van der Waals surface area contributed by atoms with Gasteiger partial charge in [0.2, 0.25) is 5.78 Å². The number of aryl methyl sites for hydroxylation is 3. The molecular formula is C19H18N2O4S.